The number of carbonyl (C=O) groups is 2. The van der Waals surface area contributed by atoms with Gasteiger partial charge in [-0.2, -0.15) is 0 Å². The predicted octanol–water partition coefficient (Wildman–Crippen LogP) is 3.66. The van der Waals surface area contributed by atoms with Crippen LogP contribution in [0.1, 0.15) is 36.7 Å². The number of urea groups is 1. The number of nitrogens with one attached hydrogen (secondary N) is 3. The molecule has 2 rings (SSSR count). The molecule has 2 aromatic carbocycles. The van der Waals surface area contributed by atoms with Crippen molar-refractivity contribution < 1.29 is 23.8 Å². The van der Waals surface area contributed by atoms with Crippen LogP contribution >= 0.6 is 0 Å². The summed E-state index contributed by atoms with van der Waals surface area (Å²) in [5.74, 6) is 0.718. The predicted molar refractivity (Wildman–Crippen MR) is 111 cm³/mol. The number of ether oxygens (including phenoxy) is 3. The molecule has 0 aromatic heterocycles. The summed E-state index contributed by atoms with van der Waals surface area (Å²) in [5.41, 5.74) is 6.64. The number of amides is 3. The van der Waals surface area contributed by atoms with Crippen molar-refractivity contribution in [3.8, 4) is 17.2 Å². The topological polar surface area (TPSA) is 97.9 Å². The minimum Gasteiger partial charge on any atom is -0.490 e. The molecule has 0 aliphatic carbocycles. The van der Waals surface area contributed by atoms with Gasteiger partial charge in [-0.3, -0.25) is 10.2 Å². The highest BCUT2D eigenvalue weighted by Crippen LogP contribution is 2.39. The molecule has 0 atom stereocenters. The molecule has 0 saturated heterocycles. The van der Waals surface area contributed by atoms with Crippen molar-refractivity contribution in [2.45, 2.75) is 27.7 Å². The summed E-state index contributed by atoms with van der Waals surface area (Å²) in [5, 5.41) is 2.63. The van der Waals surface area contributed by atoms with E-state index in [-0.39, 0.29) is 5.56 Å². The molecule has 0 saturated carbocycles. The highest BCUT2D eigenvalue weighted by molar-refractivity contribution is 5.98. The van der Waals surface area contributed by atoms with Gasteiger partial charge >= 0.3 is 6.03 Å². The first-order valence-electron chi connectivity index (χ1n) is 9.48. The Morgan fingerprint density at radius 3 is 1.90 bits per heavy atom. The zero-order valence-electron chi connectivity index (χ0n) is 17.1. The Labute approximate surface area is 170 Å². The van der Waals surface area contributed by atoms with Gasteiger partial charge in [0.25, 0.3) is 5.91 Å². The largest absolute Gasteiger partial charge is 0.490 e. The molecular weight excluding hydrogens is 374 g/mol. The number of carbonyl (C=O) groups excluding carboxylic acids is 2. The van der Waals surface area contributed by atoms with Gasteiger partial charge in [0.1, 0.15) is 0 Å². The Kier molecular flexibility index (Phi) is 8.14. The summed E-state index contributed by atoms with van der Waals surface area (Å²) in [6.45, 7) is 8.68. The molecule has 0 fully saturated rings. The van der Waals surface area contributed by atoms with Crippen LogP contribution in [0.2, 0.25) is 0 Å². The van der Waals surface area contributed by atoms with Crippen LogP contribution in [0, 0.1) is 6.92 Å². The monoisotopic (exact) mass is 401 g/mol. The van der Waals surface area contributed by atoms with Crippen molar-refractivity contribution >= 4 is 17.6 Å². The van der Waals surface area contributed by atoms with Gasteiger partial charge in [-0.15, -0.1) is 0 Å². The standard InChI is InChI=1S/C21H27N3O5/c1-5-27-17-12-15(13-18(28-6-2)19(17)29-7-3)20(25)23-24-21(26)22-16-10-8-14(4)9-11-16/h8-13H,5-7H2,1-4H3,(H,23,25)(H2,22,24,26). The molecule has 156 valence electrons. The molecule has 0 radical (unpaired) electrons. The van der Waals surface area contributed by atoms with Crippen molar-refractivity contribution in [2.75, 3.05) is 25.1 Å². The van der Waals surface area contributed by atoms with Gasteiger partial charge in [0.05, 0.1) is 19.8 Å². The normalized spacial score (nSPS) is 10.1. The Hall–Kier alpha value is -3.42. The van der Waals surface area contributed by atoms with Crippen LogP contribution in [0.15, 0.2) is 36.4 Å². The highest BCUT2D eigenvalue weighted by atomic mass is 16.5. The van der Waals surface area contributed by atoms with Crippen LogP contribution in [-0.2, 0) is 0 Å². The molecule has 3 amide bonds. The minimum atomic E-state index is -0.566. The van der Waals surface area contributed by atoms with Crippen molar-refractivity contribution in [1.29, 1.82) is 0 Å². The maximum absolute atomic E-state index is 12.5. The van der Waals surface area contributed by atoms with E-state index in [2.05, 4.69) is 16.2 Å². The maximum atomic E-state index is 12.5. The quantitative estimate of drug-likeness (QED) is 0.587. The molecule has 0 unspecified atom stereocenters. The summed E-state index contributed by atoms with van der Waals surface area (Å²) in [6, 6.07) is 9.82. The molecule has 3 N–H and O–H groups in total. The molecule has 8 nitrogen and oxygen atoms in total. The first-order chi connectivity index (χ1) is 14.0. The first-order valence-corrected chi connectivity index (χ1v) is 9.48. The van der Waals surface area contributed by atoms with E-state index in [1.165, 1.54) is 0 Å². The van der Waals surface area contributed by atoms with Gasteiger partial charge in [-0.05, 0) is 52.0 Å². The number of rotatable bonds is 8. The Bertz CT molecular complexity index is 810. The van der Waals surface area contributed by atoms with Gasteiger partial charge in [0, 0.05) is 11.3 Å². The molecule has 29 heavy (non-hydrogen) atoms. The molecule has 8 heteroatoms. The van der Waals surface area contributed by atoms with Gasteiger partial charge < -0.3 is 19.5 Å². The Morgan fingerprint density at radius 1 is 0.828 bits per heavy atom. The third-order valence-electron chi connectivity index (χ3n) is 3.77. The average Bonchev–Trinajstić information content (AvgIpc) is 2.70. The maximum Gasteiger partial charge on any atom is 0.337 e. The smallest absolute Gasteiger partial charge is 0.337 e. The van der Waals surface area contributed by atoms with E-state index in [9.17, 15) is 9.59 Å². The van der Waals surface area contributed by atoms with Crippen LogP contribution in [-0.4, -0.2) is 31.8 Å². The lowest BCUT2D eigenvalue weighted by molar-refractivity contribution is 0.0936. The van der Waals surface area contributed by atoms with E-state index in [4.69, 9.17) is 14.2 Å². The molecule has 0 aliphatic rings. The van der Waals surface area contributed by atoms with Crippen LogP contribution in [0.25, 0.3) is 0 Å². The fourth-order valence-electron chi connectivity index (χ4n) is 2.50. The fraction of sp³-hybridized carbons (Fsp3) is 0.333. The van der Waals surface area contributed by atoms with Crippen LogP contribution in [0.5, 0.6) is 17.2 Å². The van der Waals surface area contributed by atoms with Gasteiger partial charge in [0.15, 0.2) is 11.5 Å². The lowest BCUT2D eigenvalue weighted by atomic mass is 10.1. The summed E-state index contributed by atoms with van der Waals surface area (Å²) >= 11 is 0. The number of aryl methyl sites for hydroxylation is 1. The second-order valence-corrected chi connectivity index (χ2v) is 6.00. The number of anilines is 1. The second kappa shape index (κ2) is 10.8. The third kappa shape index (κ3) is 6.31. The summed E-state index contributed by atoms with van der Waals surface area (Å²) < 4.78 is 16.8. The number of hydrazine groups is 1. The molecule has 2 aromatic rings. The van der Waals surface area contributed by atoms with Crippen molar-refractivity contribution in [2.24, 2.45) is 0 Å². The van der Waals surface area contributed by atoms with Gasteiger partial charge in [-0.25, -0.2) is 10.2 Å². The van der Waals surface area contributed by atoms with E-state index in [1.54, 1.807) is 24.3 Å². The summed E-state index contributed by atoms with van der Waals surface area (Å²) in [4.78, 5) is 24.5. The molecule has 0 bridgehead atoms. The van der Waals surface area contributed by atoms with Crippen LogP contribution in [0.3, 0.4) is 0 Å². The first kappa shape index (κ1) is 21.9. The van der Waals surface area contributed by atoms with Crippen molar-refractivity contribution in [1.82, 2.24) is 10.9 Å². The van der Waals surface area contributed by atoms with Crippen molar-refractivity contribution in [3.63, 3.8) is 0 Å². The van der Waals surface area contributed by atoms with E-state index in [0.29, 0.717) is 42.8 Å². The lowest BCUT2D eigenvalue weighted by Crippen LogP contribution is -2.43. The summed E-state index contributed by atoms with van der Waals surface area (Å²) in [6.07, 6.45) is 0. The second-order valence-electron chi connectivity index (χ2n) is 6.00. The zero-order chi connectivity index (χ0) is 21.2. The SMILES string of the molecule is CCOc1cc(C(=O)NNC(=O)Nc2ccc(C)cc2)cc(OCC)c1OCC. The zero-order valence-corrected chi connectivity index (χ0v) is 17.1. The summed E-state index contributed by atoms with van der Waals surface area (Å²) in [7, 11) is 0. The van der Waals surface area contributed by atoms with Gasteiger partial charge in [0.2, 0.25) is 5.75 Å². The third-order valence-corrected chi connectivity index (χ3v) is 3.77. The van der Waals surface area contributed by atoms with E-state index >= 15 is 0 Å². The molecule has 0 spiro atoms. The average molecular weight is 401 g/mol. The van der Waals surface area contributed by atoms with Gasteiger partial charge in [-0.1, -0.05) is 17.7 Å². The fourth-order valence-corrected chi connectivity index (χ4v) is 2.50. The van der Waals surface area contributed by atoms with Crippen LogP contribution in [0.4, 0.5) is 10.5 Å². The molecule has 0 heterocycles. The minimum absolute atomic E-state index is 0.260. The Balaban J connectivity index is 2.10. The number of hydrogen-bond acceptors (Lipinski definition) is 5. The molecular formula is C21H27N3O5. The number of hydrogen-bond donors (Lipinski definition) is 3. The number of benzene rings is 2. The Morgan fingerprint density at radius 2 is 1.38 bits per heavy atom. The van der Waals surface area contributed by atoms with E-state index in [0.717, 1.165) is 5.56 Å². The van der Waals surface area contributed by atoms with E-state index < -0.39 is 11.9 Å². The van der Waals surface area contributed by atoms with E-state index in [1.807, 2.05) is 39.8 Å². The molecule has 0 aliphatic heterocycles. The van der Waals surface area contributed by atoms with Crippen molar-refractivity contribution in [3.05, 3.63) is 47.5 Å². The highest BCUT2D eigenvalue weighted by Gasteiger charge is 2.18. The van der Waals surface area contributed by atoms with Crippen LogP contribution < -0.4 is 30.4 Å². The lowest BCUT2D eigenvalue weighted by Gasteiger charge is -2.17.